The van der Waals surface area contributed by atoms with Crippen molar-refractivity contribution in [3.8, 4) is 0 Å². The smallest absolute Gasteiger partial charge is 0.341 e. The summed E-state index contributed by atoms with van der Waals surface area (Å²) in [6.45, 7) is 3.94. The molecular formula is C17H23N3O2. The molecule has 0 bridgehead atoms. The van der Waals surface area contributed by atoms with E-state index in [9.17, 15) is 4.79 Å². The Bertz CT molecular complexity index is 641. The number of rotatable bonds is 7. The first-order valence-corrected chi connectivity index (χ1v) is 7.57. The highest BCUT2D eigenvalue weighted by molar-refractivity contribution is 6.04. The molecule has 2 aromatic rings. The van der Waals surface area contributed by atoms with Gasteiger partial charge in [-0.15, -0.1) is 0 Å². The zero-order chi connectivity index (χ0) is 15.9. The number of anilines is 1. The van der Waals surface area contributed by atoms with Gasteiger partial charge < -0.3 is 15.0 Å². The van der Waals surface area contributed by atoms with Gasteiger partial charge in [-0.05, 0) is 40.1 Å². The number of aromatic nitrogens is 1. The fourth-order valence-corrected chi connectivity index (χ4v) is 2.30. The quantitative estimate of drug-likeness (QED) is 0.629. The maximum absolute atomic E-state index is 12.1. The van der Waals surface area contributed by atoms with Crippen molar-refractivity contribution in [3.05, 3.63) is 36.0 Å². The minimum atomic E-state index is -0.337. The van der Waals surface area contributed by atoms with Crippen molar-refractivity contribution in [2.45, 2.75) is 13.3 Å². The molecule has 5 nitrogen and oxygen atoms in total. The van der Waals surface area contributed by atoms with Gasteiger partial charge in [-0.3, -0.25) is 4.98 Å². The van der Waals surface area contributed by atoms with E-state index in [4.69, 9.17) is 4.74 Å². The zero-order valence-electron chi connectivity index (χ0n) is 13.4. The lowest BCUT2D eigenvalue weighted by molar-refractivity contribution is 0.0527. The summed E-state index contributed by atoms with van der Waals surface area (Å²) in [6, 6.07) is 7.80. The normalized spacial score (nSPS) is 10.9. The molecule has 2 rings (SSSR count). The molecule has 5 heteroatoms. The summed E-state index contributed by atoms with van der Waals surface area (Å²) in [5, 5.41) is 4.33. The predicted molar refractivity (Wildman–Crippen MR) is 89.4 cm³/mol. The molecule has 0 unspecified atom stereocenters. The summed E-state index contributed by atoms with van der Waals surface area (Å²) >= 11 is 0. The molecule has 0 spiro atoms. The van der Waals surface area contributed by atoms with Crippen molar-refractivity contribution in [3.63, 3.8) is 0 Å². The number of hydrogen-bond acceptors (Lipinski definition) is 5. The second-order valence-electron chi connectivity index (χ2n) is 5.37. The van der Waals surface area contributed by atoms with Crippen molar-refractivity contribution in [1.29, 1.82) is 0 Å². The number of pyridine rings is 1. The SMILES string of the molecule is CCOC(=O)c1cnc2ccccc2c1NCCCN(C)C. The average Bonchev–Trinajstić information content (AvgIpc) is 2.51. The lowest BCUT2D eigenvalue weighted by atomic mass is 10.1. The Labute approximate surface area is 131 Å². The van der Waals surface area contributed by atoms with Gasteiger partial charge in [-0.1, -0.05) is 18.2 Å². The summed E-state index contributed by atoms with van der Waals surface area (Å²) in [5.41, 5.74) is 2.17. The summed E-state index contributed by atoms with van der Waals surface area (Å²) in [4.78, 5) is 18.6. The van der Waals surface area contributed by atoms with E-state index >= 15 is 0 Å². The highest BCUT2D eigenvalue weighted by Gasteiger charge is 2.16. The number of fused-ring (bicyclic) bond motifs is 1. The van der Waals surface area contributed by atoms with Crippen molar-refractivity contribution >= 4 is 22.6 Å². The number of hydrogen-bond donors (Lipinski definition) is 1. The van der Waals surface area contributed by atoms with Crippen LogP contribution in [0.15, 0.2) is 30.5 Å². The van der Waals surface area contributed by atoms with Crippen LogP contribution in [0.4, 0.5) is 5.69 Å². The van der Waals surface area contributed by atoms with E-state index in [1.807, 2.05) is 38.4 Å². The molecule has 118 valence electrons. The van der Waals surface area contributed by atoms with E-state index in [-0.39, 0.29) is 5.97 Å². The Balaban J connectivity index is 2.29. The molecule has 0 aliphatic heterocycles. The molecule has 0 saturated carbocycles. The maximum atomic E-state index is 12.1. The molecule has 1 N–H and O–H groups in total. The molecule has 0 amide bonds. The van der Waals surface area contributed by atoms with E-state index in [1.54, 1.807) is 13.1 Å². The third-order valence-corrected chi connectivity index (χ3v) is 3.35. The number of benzene rings is 1. The Morgan fingerprint density at radius 1 is 1.32 bits per heavy atom. The average molecular weight is 301 g/mol. The molecule has 1 aromatic carbocycles. The van der Waals surface area contributed by atoms with Crippen LogP contribution < -0.4 is 5.32 Å². The van der Waals surface area contributed by atoms with Crippen LogP contribution >= 0.6 is 0 Å². The van der Waals surface area contributed by atoms with Gasteiger partial charge in [0.1, 0.15) is 5.56 Å². The first-order chi connectivity index (χ1) is 10.6. The summed E-state index contributed by atoms with van der Waals surface area (Å²) in [7, 11) is 4.09. The number of esters is 1. The van der Waals surface area contributed by atoms with Gasteiger partial charge in [-0.2, -0.15) is 0 Å². The highest BCUT2D eigenvalue weighted by atomic mass is 16.5. The Morgan fingerprint density at radius 2 is 2.09 bits per heavy atom. The summed E-state index contributed by atoms with van der Waals surface area (Å²) in [5.74, 6) is -0.337. The fourth-order valence-electron chi connectivity index (χ4n) is 2.30. The van der Waals surface area contributed by atoms with Crippen LogP contribution in [0.5, 0.6) is 0 Å². The first-order valence-electron chi connectivity index (χ1n) is 7.57. The standard InChI is InChI=1S/C17H23N3O2/c1-4-22-17(21)14-12-19-15-9-6-5-8-13(15)16(14)18-10-7-11-20(2)3/h5-6,8-9,12H,4,7,10-11H2,1-3H3,(H,18,19). The third kappa shape index (κ3) is 3.95. The minimum Gasteiger partial charge on any atom is -0.462 e. The van der Waals surface area contributed by atoms with Crippen molar-refractivity contribution in [1.82, 2.24) is 9.88 Å². The van der Waals surface area contributed by atoms with Crippen molar-refractivity contribution in [2.75, 3.05) is 39.1 Å². The number of ether oxygens (including phenoxy) is 1. The van der Waals surface area contributed by atoms with Gasteiger partial charge in [0, 0.05) is 18.1 Å². The summed E-state index contributed by atoms with van der Waals surface area (Å²) < 4.78 is 5.13. The van der Waals surface area contributed by atoms with Crippen LogP contribution in [-0.2, 0) is 4.74 Å². The van der Waals surface area contributed by atoms with E-state index in [1.165, 1.54) is 0 Å². The Morgan fingerprint density at radius 3 is 2.82 bits per heavy atom. The van der Waals surface area contributed by atoms with Gasteiger partial charge in [0.15, 0.2) is 0 Å². The second kappa shape index (κ2) is 7.75. The van der Waals surface area contributed by atoms with Crippen LogP contribution in [0.3, 0.4) is 0 Å². The largest absolute Gasteiger partial charge is 0.462 e. The van der Waals surface area contributed by atoms with Gasteiger partial charge in [0.05, 0.1) is 17.8 Å². The third-order valence-electron chi connectivity index (χ3n) is 3.35. The van der Waals surface area contributed by atoms with Crippen LogP contribution in [0.25, 0.3) is 10.9 Å². The molecule has 1 aromatic heterocycles. The van der Waals surface area contributed by atoms with Crippen LogP contribution in [0.2, 0.25) is 0 Å². The fraction of sp³-hybridized carbons (Fsp3) is 0.412. The number of nitrogens with one attached hydrogen (secondary N) is 1. The van der Waals surface area contributed by atoms with Crippen LogP contribution in [0.1, 0.15) is 23.7 Å². The van der Waals surface area contributed by atoms with E-state index < -0.39 is 0 Å². The second-order valence-corrected chi connectivity index (χ2v) is 5.37. The van der Waals surface area contributed by atoms with Gasteiger partial charge in [0.2, 0.25) is 0 Å². The van der Waals surface area contributed by atoms with E-state index in [0.29, 0.717) is 12.2 Å². The molecule has 0 saturated heterocycles. The molecular weight excluding hydrogens is 278 g/mol. The Hall–Kier alpha value is -2.14. The van der Waals surface area contributed by atoms with Gasteiger partial charge in [-0.25, -0.2) is 4.79 Å². The Kier molecular flexibility index (Phi) is 5.72. The topological polar surface area (TPSA) is 54.5 Å². The zero-order valence-corrected chi connectivity index (χ0v) is 13.4. The molecule has 0 atom stereocenters. The minimum absolute atomic E-state index is 0.337. The molecule has 0 aliphatic carbocycles. The molecule has 0 fully saturated rings. The number of para-hydroxylation sites is 1. The molecule has 1 heterocycles. The van der Waals surface area contributed by atoms with Crippen LogP contribution in [-0.4, -0.2) is 49.6 Å². The number of nitrogens with zero attached hydrogens (tertiary/aromatic N) is 2. The maximum Gasteiger partial charge on any atom is 0.341 e. The molecule has 0 radical (unpaired) electrons. The van der Waals surface area contributed by atoms with Crippen molar-refractivity contribution < 1.29 is 9.53 Å². The van der Waals surface area contributed by atoms with Gasteiger partial charge >= 0.3 is 5.97 Å². The van der Waals surface area contributed by atoms with E-state index in [0.717, 1.165) is 36.1 Å². The monoisotopic (exact) mass is 301 g/mol. The summed E-state index contributed by atoms with van der Waals surface area (Å²) in [6.07, 6.45) is 2.58. The lowest BCUT2D eigenvalue weighted by Crippen LogP contribution is -2.17. The lowest BCUT2D eigenvalue weighted by Gasteiger charge is -2.15. The predicted octanol–water partition coefficient (Wildman–Crippen LogP) is 2.78. The number of carbonyl (C=O) groups excluding carboxylic acids is 1. The number of carbonyl (C=O) groups is 1. The highest BCUT2D eigenvalue weighted by Crippen LogP contribution is 2.26. The van der Waals surface area contributed by atoms with Gasteiger partial charge in [0.25, 0.3) is 0 Å². The molecule has 22 heavy (non-hydrogen) atoms. The van der Waals surface area contributed by atoms with Crippen molar-refractivity contribution in [2.24, 2.45) is 0 Å². The van der Waals surface area contributed by atoms with E-state index in [2.05, 4.69) is 15.2 Å². The first kappa shape index (κ1) is 16.2. The molecule has 0 aliphatic rings. The van der Waals surface area contributed by atoms with Crippen LogP contribution in [0, 0.1) is 0 Å².